The van der Waals surface area contributed by atoms with Gasteiger partial charge in [-0.3, -0.25) is 4.79 Å². The number of carbonyl (C=O) groups excluding carboxylic acids is 1. The number of rotatable bonds is 3. The fraction of sp³-hybridized carbons (Fsp3) is 0. The number of carbonyl (C=O) groups is 1. The van der Waals surface area contributed by atoms with E-state index < -0.39 is 11.7 Å². The monoisotopic (exact) mass is 310 g/mol. The van der Waals surface area contributed by atoms with E-state index >= 15 is 0 Å². The number of benzene rings is 1. The molecule has 1 heterocycles. The zero-order chi connectivity index (χ0) is 13.1. The third-order valence-corrected chi connectivity index (χ3v) is 2.57. The molecule has 0 fully saturated rings. The Bertz CT molecular complexity index is 604. The Morgan fingerprint density at radius 2 is 2.11 bits per heavy atom. The average molecular weight is 311 g/mol. The Labute approximate surface area is 111 Å². The van der Waals surface area contributed by atoms with Gasteiger partial charge in [0, 0.05) is 10.7 Å². The predicted octanol–water partition coefficient (Wildman–Crippen LogP) is 2.87. The van der Waals surface area contributed by atoms with Gasteiger partial charge in [0.2, 0.25) is 0 Å². The molecule has 0 radical (unpaired) electrons. The van der Waals surface area contributed by atoms with Crippen molar-refractivity contribution in [3.8, 4) is 11.6 Å². The third-order valence-electron chi connectivity index (χ3n) is 2.13. The summed E-state index contributed by atoms with van der Waals surface area (Å²) in [6.45, 7) is 0. The second-order valence-electron chi connectivity index (χ2n) is 3.40. The first kappa shape index (κ1) is 12.5. The van der Waals surface area contributed by atoms with Gasteiger partial charge < -0.3 is 10.5 Å². The van der Waals surface area contributed by atoms with Gasteiger partial charge in [-0.1, -0.05) is 12.1 Å². The van der Waals surface area contributed by atoms with Crippen molar-refractivity contribution in [1.82, 2.24) is 4.98 Å². The minimum Gasteiger partial charge on any atom is -0.436 e. The molecule has 18 heavy (non-hydrogen) atoms. The molecule has 1 amide bonds. The van der Waals surface area contributed by atoms with Crippen molar-refractivity contribution < 1.29 is 13.9 Å². The molecule has 2 rings (SSSR count). The fourth-order valence-corrected chi connectivity index (χ4v) is 1.64. The Hall–Kier alpha value is -1.95. The summed E-state index contributed by atoms with van der Waals surface area (Å²) in [6, 6.07) is 7.52. The van der Waals surface area contributed by atoms with E-state index in [1.54, 1.807) is 12.1 Å². The summed E-state index contributed by atoms with van der Waals surface area (Å²) in [5.74, 6) is -1.34. The SMILES string of the molecule is NC(=O)c1ccccc1Oc1ncc(Br)cc1F. The molecule has 92 valence electrons. The first-order valence-corrected chi connectivity index (χ1v) is 5.75. The molecule has 0 saturated heterocycles. The van der Waals surface area contributed by atoms with Gasteiger partial charge in [-0.05, 0) is 34.1 Å². The molecule has 1 aromatic heterocycles. The van der Waals surface area contributed by atoms with Crippen molar-refractivity contribution in [3.05, 3.63) is 52.4 Å². The van der Waals surface area contributed by atoms with Crippen molar-refractivity contribution in [2.24, 2.45) is 5.73 Å². The Balaban J connectivity index is 2.37. The number of para-hydroxylation sites is 1. The smallest absolute Gasteiger partial charge is 0.255 e. The van der Waals surface area contributed by atoms with E-state index in [1.807, 2.05) is 0 Å². The summed E-state index contributed by atoms with van der Waals surface area (Å²) in [5, 5.41) is 0. The van der Waals surface area contributed by atoms with Gasteiger partial charge in [0.1, 0.15) is 5.75 Å². The molecule has 6 heteroatoms. The van der Waals surface area contributed by atoms with E-state index in [1.165, 1.54) is 24.4 Å². The molecule has 0 bridgehead atoms. The van der Waals surface area contributed by atoms with Crippen molar-refractivity contribution in [2.45, 2.75) is 0 Å². The predicted molar refractivity (Wildman–Crippen MR) is 66.9 cm³/mol. The molecule has 4 nitrogen and oxygen atoms in total. The van der Waals surface area contributed by atoms with Crippen LogP contribution in [0.25, 0.3) is 0 Å². The molecule has 0 aliphatic carbocycles. The zero-order valence-corrected chi connectivity index (χ0v) is 10.6. The third kappa shape index (κ3) is 2.65. The topological polar surface area (TPSA) is 65.2 Å². The van der Waals surface area contributed by atoms with Crippen LogP contribution in [0.3, 0.4) is 0 Å². The zero-order valence-electron chi connectivity index (χ0n) is 9.06. The molecule has 0 spiro atoms. The summed E-state index contributed by atoms with van der Waals surface area (Å²) in [6.07, 6.45) is 1.39. The van der Waals surface area contributed by atoms with Crippen LogP contribution in [-0.2, 0) is 0 Å². The van der Waals surface area contributed by atoms with Crippen LogP contribution < -0.4 is 10.5 Å². The van der Waals surface area contributed by atoms with Crippen LogP contribution in [0.2, 0.25) is 0 Å². The Morgan fingerprint density at radius 3 is 2.78 bits per heavy atom. The van der Waals surface area contributed by atoms with Gasteiger partial charge in [0.15, 0.2) is 5.82 Å². The lowest BCUT2D eigenvalue weighted by Crippen LogP contribution is -2.12. The highest BCUT2D eigenvalue weighted by atomic mass is 79.9. The molecule has 0 aliphatic rings. The summed E-state index contributed by atoms with van der Waals surface area (Å²) in [7, 11) is 0. The van der Waals surface area contributed by atoms with Crippen LogP contribution in [0.15, 0.2) is 41.0 Å². The van der Waals surface area contributed by atoms with Gasteiger partial charge in [0.25, 0.3) is 11.8 Å². The molecule has 2 N–H and O–H groups in total. The van der Waals surface area contributed by atoms with E-state index in [2.05, 4.69) is 20.9 Å². The van der Waals surface area contributed by atoms with E-state index in [-0.39, 0.29) is 17.2 Å². The van der Waals surface area contributed by atoms with E-state index in [0.717, 1.165) is 0 Å². The maximum Gasteiger partial charge on any atom is 0.255 e. The van der Waals surface area contributed by atoms with Crippen LogP contribution >= 0.6 is 15.9 Å². The molecule has 2 aromatic rings. The molecule has 0 unspecified atom stereocenters. The van der Waals surface area contributed by atoms with Gasteiger partial charge in [-0.2, -0.15) is 0 Å². The van der Waals surface area contributed by atoms with Gasteiger partial charge in [0.05, 0.1) is 5.56 Å². The number of hydrogen-bond acceptors (Lipinski definition) is 3. The van der Waals surface area contributed by atoms with Crippen LogP contribution in [0.1, 0.15) is 10.4 Å². The second kappa shape index (κ2) is 5.14. The highest BCUT2D eigenvalue weighted by Crippen LogP contribution is 2.26. The summed E-state index contributed by atoms with van der Waals surface area (Å²) >= 11 is 3.09. The molecular formula is C12H8BrFN2O2. The standard InChI is InChI=1S/C12H8BrFN2O2/c13-7-5-9(14)12(16-6-7)18-10-4-2-1-3-8(10)11(15)17/h1-6H,(H2,15,17). The number of nitrogens with two attached hydrogens (primary N) is 1. The summed E-state index contributed by atoms with van der Waals surface area (Å²) < 4.78 is 19.3. The van der Waals surface area contributed by atoms with E-state index in [9.17, 15) is 9.18 Å². The number of primary amides is 1. The molecule has 0 saturated carbocycles. The van der Waals surface area contributed by atoms with Crippen molar-refractivity contribution in [2.75, 3.05) is 0 Å². The lowest BCUT2D eigenvalue weighted by Gasteiger charge is -2.08. The van der Waals surface area contributed by atoms with Gasteiger partial charge in [-0.25, -0.2) is 9.37 Å². The first-order valence-electron chi connectivity index (χ1n) is 4.95. The van der Waals surface area contributed by atoms with E-state index in [4.69, 9.17) is 10.5 Å². The maximum absolute atomic E-state index is 13.5. The van der Waals surface area contributed by atoms with Crippen LogP contribution in [0.5, 0.6) is 11.6 Å². The van der Waals surface area contributed by atoms with Crippen molar-refractivity contribution >= 4 is 21.8 Å². The lowest BCUT2D eigenvalue weighted by molar-refractivity contribution is 0.0998. The van der Waals surface area contributed by atoms with Crippen LogP contribution in [0, 0.1) is 5.82 Å². The van der Waals surface area contributed by atoms with E-state index in [0.29, 0.717) is 4.47 Å². The maximum atomic E-state index is 13.5. The van der Waals surface area contributed by atoms with Gasteiger partial charge in [-0.15, -0.1) is 0 Å². The largest absolute Gasteiger partial charge is 0.436 e. The number of amides is 1. The first-order chi connectivity index (χ1) is 8.58. The number of pyridine rings is 1. The molecular weight excluding hydrogens is 303 g/mol. The average Bonchev–Trinajstić information content (AvgIpc) is 2.33. The quantitative estimate of drug-likeness (QED) is 0.948. The highest BCUT2D eigenvalue weighted by molar-refractivity contribution is 9.10. The minimum atomic E-state index is -0.650. The normalized spacial score (nSPS) is 10.1. The second-order valence-corrected chi connectivity index (χ2v) is 4.32. The number of aromatic nitrogens is 1. The summed E-state index contributed by atoms with van der Waals surface area (Å²) in [4.78, 5) is 14.9. The minimum absolute atomic E-state index is 0.165. The number of ether oxygens (including phenoxy) is 1. The van der Waals surface area contributed by atoms with Crippen molar-refractivity contribution in [1.29, 1.82) is 0 Å². The fourth-order valence-electron chi connectivity index (χ4n) is 1.34. The molecule has 0 aliphatic heterocycles. The molecule has 0 atom stereocenters. The Morgan fingerprint density at radius 1 is 1.39 bits per heavy atom. The van der Waals surface area contributed by atoms with Crippen LogP contribution in [-0.4, -0.2) is 10.9 Å². The number of halogens is 2. The Kier molecular flexibility index (Phi) is 3.57. The van der Waals surface area contributed by atoms with Crippen LogP contribution in [0.4, 0.5) is 4.39 Å². The number of hydrogen-bond donors (Lipinski definition) is 1. The highest BCUT2D eigenvalue weighted by Gasteiger charge is 2.12. The van der Waals surface area contributed by atoms with Crippen molar-refractivity contribution in [3.63, 3.8) is 0 Å². The molecule has 1 aromatic carbocycles. The van der Waals surface area contributed by atoms with Gasteiger partial charge >= 0.3 is 0 Å². The lowest BCUT2D eigenvalue weighted by atomic mass is 10.2. The summed E-state index contributed by atoms with van der Waals surface area (Å²) in [5.41, 5.74) is 5.36. The number of nitrogens with zero attached hydrogens (tertiary/aromatic N) is 1.